The third-order valence-corrected chi connectivity index (χ3v) is 4.27. The standard InChI is InChI=1S/C19H23N3O3/c1-3-6-16(4-2)9-10-20-11-13-21(14-12-20)19(23)17-7-5-8-18(15-17)22(24)25/h3-8,15H,1-2,9-14H2/b16-6+. The van der Waals surface area contributed by atoms with Crippen molar-refractivity contribution in [2.75, 3.05) is 32.7 Å². The lowest BCUT2D eigenvalue weighted by Crippen LogP contribution is -2.48. The predicted molar refractivity (Wildman–Crippen MR) is 98.5 cm³/mol. The molecule has 1 aliphatic heterocycles. The van der Waals surface area contributed by atoms with Gasteiger partial charge in [0, 0.05) is 50.4 Å². The Balaban J connectivity index is 1.89. The summed E-state index contributed by atoms with van der Waals surface area (Å²) in [6.07, 6.45) is 6.44. The molecule has 1 saturated heterocycles. The highest BCUT2D eigenvalue weighted by molar-refractivity contribution is 5.94. The van der Waals surface area contributed by atoms with E-state index in [1.807, 2.05) is 12.2 Å². The maximum atomic E-state index is 12.5. The Morgan fingerprint density at radius 3 is 2.56 bits per heavy atom. The van der Waals surface area contributed by atoms with E-state index >= 15 is 0 Å². The van der Waals surface area contributed by atoms with Crippen LogP contribution in [0.4, 0.5) is 5.69 Å². The summed E-state index contributed by atoms with van der Waals surface area (Å²) in [7, 11) is 0. The average Bonchev–Trinajstić information content (AvgIpc) is 2.65. The van der Waals surface area contributed by atoms with E-state index in [1.165, 1.54) is 12.1 Å². The van der Waals surface area contributed by atoms with Gasteiger partial charge in [-0.1, -0.05) is 37.5 Å². The molecule has 2 rings (SSSR count). The fourth-order valence-electron chi connectivity index (χ4n) is 2.80. The molecule has 0 N–H and O–H groups in total. The Labute approximate surface area is 147 Å². The minimum atomic E-state index is -0.483. The van der Waals surface area contributed by atoms with Crippen LogP contribution in [0.1, 0.15) is 16.8 Å². The lowest BCUT2D eigenvalue weighted by Gasteiger charge is -2.34. The van der Waals surface area contributed by atoms with Crippen molar-refractivity contribution < 1.29 is 9.72 Å². The summed E-state index contributed by atoms with van der Waals surface area (Å²) in [6.45, 7) is 11.2. The number of hydrogen-bond donors (Lipinski definition) is 0. The van der Waals surface area contributed by atoms with Gasteiger partial charge in [-0.2, -0.15) is 0 Å². The summed E-state index contributed by atoms with van der Waals surface area (Å²) in [5, 5.41) is 10.8. The van der Waals surface area contributed by atoms with Gasteiger partial charge in [-0.05, 0) is 18.1 Å². The quantitative estimate of drug-likeness (QED) is 0.434. The number of nitro benzene ring substituents is 1. The molecule has 0 unspecified atom stereocenters. The molecule has 1 fully saturated rings. The van der Waals surface area contributed by atoms with E-state index in [1.54, 1.807) is 23.1 Å². The molecule has 1 aromatic rings. The minimum Gasteiger partial charge on any atom is -0.336 e. The van der Waals surface area contributed by atoms with Gasteiger partial charge < -0.3 is 4.90 Å². The molecule has 1 aromatic carbocycles. The number of amides is 1. The number of hydrogen-bond acceptors (Lipinski definition) is 4. The monoisotopic (exact) mass is 341 g/mol. The first kappa shape index (κ1) is 18.6. The Morgan fingerprint density at radius 1 is 1.24 bits per heavy atom. The van der Waals surface area contributed by atoms with Crippen molar-refractivity contribution in [3.8, 4) is 0 Å². The summed E-state index contributed by atoms with van der Waals surface area (Å²) in [5.41, 5.74) is 1.45. The molecule has 0 aliphatic carbocycles. The molecule has 0 atom stereocenters. The van der Waals surface area contributed by atoms with Crippen molar-refractivity contribution in [2.45, 2.75) is 6.42 Å². The smallest absolute Gasteiger partial charge is 0.270 e. The van der Waals surface area contributed by atoms with Crippen LogP contribution in [0.15, 0.2) is 61.2 Å². The van der Waals surface area contributed by atoms with Gasteiger partial charge in [0.05, 0.1) is 4.92 Å². The molecule has 0 saturated carbocycles. The summed E-state index contributed by atoms with van der Waals surface area (Å²) in [6, 6.07) is 5.90. The number of nitrogens with zero attached hydrogens (tertiary/aromatic N) is 3. The van der Waals surface area contributed by atoms with Crippen LogP contribution in [0, 0.1) is 10.1 Å². The van der Waals surface area contributed by atoms with Crippen LogP contribution in [0.25, 0.3) is 0 Å². The zero-order valence-electron chi connectivity index (χ0n) is 14.3. The van der Waals surface area contributed by atoms with Gasteiger partial charge in [-0.3, -0.25) is 19.8 Å². The van der Waals surface area contributed by atoms with E-state index in [-0.39, 0.29) is 11.6 Å². The summed E-state index contributed by atoms with van der Waals surface area (Å²) in [5.74, 6) is -0.151. The highest BCUT2D eigenvalue weighted by Crippen LogP contribution is 2.16. The van der Waals surface area contributed by atoms with Crippen molar-refractivity contribution in [3.63, 3.8) is 0 Å². The Hall–Kier alpha value is -2.73. The van der Waals surface area contributed by atoms with Crippen molar-refractivity contribution in [2.24, 2.45) is 0 Å². The number of non-ortho nitro benzene ring substituents is 1. The first-order chi connectivity index (χ1) is 12.0. The van der Waals surface area contributed by atoms with E-state index in [9.17, 15) is 14.9 Å². The first-order valence-corrected chi connectivity index (χ1v) is 8.25. The molecule has 1 heterocycles. The molecule has 6 nitrogen and oxygen atoms in total. The Kier molecular flexibility index (Phi) is 6.65. The third kappa shape index (κ3) is 5.12. The van der Waals surface area contributed by atoms with Gasteiger partial charge in [-0.15, -0.1) is 0 Å². The normalized spacial score (nSPS) is 15.7. The van der Waals surface area contributed by atoms with Crippen LogP contribution in [0.2, 0.25) is 0 Å². The van der Waals surface area contributed by atoms with Crippen LogP contribution >= 0.6 is 0 Å². The molecule has 0 aromatic heterocycles. The fourth-order valence-corrected chi connectivity index (χ4v) is 2.80. The van der Waals surface area contributed by atoms with E-state index in [0.29, 0.717) is 18.7 Å². The van der Waals surface area contributed by atoms with Crippen LogP contribution in [-0.4, -0.2) is 53.4 Å². The van der Waals surface area contributed by atoms with Crippen LogP contribution in [0.5, 0.6) is 0 Å². The zero-order valence-corrected chi connectivity index (χ0v) is 14.3. The minimum absolute atomic E-state index is 0.0598. The second-order valence-corrected chi connectivity index (χ2v) is 5.87. The second kappa shape index (κ2) is 8.94. The molecule has 1 amide bonds. The predicted octanol–water partition coefficient (Wildman–Crippen LogP) is 3.04. The van der Waals surface area contributed by atoms with Crippen molar-refractivity contribution >= 4 is 11.6 Å². The van der Waals surface area contributed by atoms with Crippen molar-refractivity contribution in [1.82, 2.24) is 9.80 Å². The number of piperazine rings is 1. The maximum absolute atomic E-state index is 12.5. The fraction of sp³-hybridized carbons (Fsp3) is 0.316. The molecular weight excluding hydrogens is 318 g/mol. The van der Waals surface area contributed by atoms with Crippen LogP contribution < -0.4 is 0 Å². The molecule has 0 spiro atoms. The van der Waals surface area contributed by atoms with Crippen LogP contribution in [0.3, 0.4) is 0 Å². The van der Waals surface area contributed by atoms with Gasteiger partial charge in [0.1, 0.15) is 0 Å². The zero-order chi connectivity index (χ0) is 18.2. The Bertz CT molecular complexity index is 689. The number of allylic oxidation sites excluding steroid dienone is 3. The van der Waals surface area contributed by atoms with E-state index < -0.39 is 4.92 Å². The number of nitro groups is 1. The van der Waals surface area contributed by atoms with Crippen molar-refractivity contribution in [3.05, 3.63) is 76.9 Å². The number of carbonyl (C=O) groups is 1. The highest BCUT2D eigenvalue weighted by Gasteiger charge is 2.23. The summed E-state index contributed by atoms with van der Waals surface area (Å²) >= 11 is 0. The summed E-state index contributed by atoms with van der Waals surface area (Å²) in [4.78, 5) is 27.0. The van der Waals surface area contributed by atoms with E-state index in [4.69, 9.17) is 0 Å². The number of carbonyl (C=O) groups excluding carboxylic acids is 1. The van der Waals surface area contributed by atoms with Crippen LogP contribution in [-0.2, 0) is 0 Å². The number of rotatable bonds is 7. The molecule has 132 valence electrons. The molecular formula is C19H23N3O3. The molecule has 25 heavy (non-hydrogen) atoms. The topological polar surface area (TPSA) is 66.7 Å². The lowest BCUT2D eigenvalue weighted by atomic mass is 10.1. The van der Waals surface area contributed by atoms with Gasteiger partial charge >= 0.3 is 0 Å². The average molecular weight is 341 g/mol. The van der Waals surface area contributed by atoms with Gasteiger partial charge in [0.25, 0.3) is 11.6 Å². The molecule has 1 aliphatic rings. The van der Waals surface area contributed by atoms with Gasteiger partial charge in [0.2, 0.25) is 0 Å². The third-order valence-electron chi connectivity index (χ3n) is 4.27. The van der Waals surface area contributed by atoms with E-state index in [2.05, 4.69) is 18.1 Å². The van der Waals surface area contributed by atoms with Gasteiger partial charge in [-0.25, -0.2) is 0 Å². The first-order valence-electron chi connectivity index (χ1n) is 8.25. The highest BCUT2D eigenvalue weighted by atomic mass is 16.6. The van der Waals surface area contributed by atoms with Gasteiger partial charge in [0.15, 0.2) is 0 Å². The molecule has 0 radical (unpaired) electrons. The lowest BCUT2D eigenvalue weighted by molar-refractivity contribution is -0.384. The number of benzene rings is 1. The maximum Gasteiger partial charge on any atom is 0.270 e. The summed E-state index contributed by atoms with van der Waals surface area (Å²) < 4.78 is 0. The second-order valence-electron chi connectivity index (χ2n) is 5.87. The van der Waals surface area contributed by atoms with Crippen molar-refractivity contribution in [1.29, 1.82) is 0 Å². The van der Waals surface area contributed by atoms with E-state index in [0.717, 1.165) is 31.6 Å². The molecule has 6 heteroatoms. The largest absolute Gasteiger partial charge is 0.336 e. The Morgan fingerprint density at radius 2 is 1.96 bits per heavy atom. The molecule has 0 bridgehead atoms. The SMILES string of the molecule is C=C/C=C(\C=C)CCN1CCN(C(=O)c2cccc([N+](=O)[O-])c2)CC1.